The highest BCUT2D eigenvalue weighted by molar-refractivity contribution is 5.92. The van der Waals surface area contributed by atoms with Crippen molar-refractivity contribution in [3.05, 3.63) is 72.3 Å². The van der Waals surface area contributed by atoms with Gasteiger partial charge in [-0.15, -0.1) is 0 Å². The van der Waals surface area contributed by atoms with Gasteiger partial charge in [0.05, 0.1) is 5.69 Å². The molecule has 3 aromatic rings. The lowest BCUT2D eigenvalue weighted by atomic mass is 10.1. The molecular formula is C21H21N5O. The van der Waals surface area contributed by atoms with E-state index in [1.807, 2.05) is 48.2 Å². The maximum atomic E-state index is 12.6. The summed E-state index contributed by atoms with van der Waals surface area (Å²) in [6.45, 7) is 4.70. The number of aryl methyl sites for hydroxylation is 1. The van der Waals surface area contributed by atoms with Gasteiger partial charge in [0.1, 0.15) is 17.3 Å². The Hall–Kier alpha value is -3.28. The fraction of sp³-hybridized carbons (Fsp3) is 0.238. The Kier molecular flexibility index (Phi) is 4.78. The third kappa shape index (κ3) is 3.79. The average Bonchev–Trinajstić information content (AvgIpc) is 2.74. The van der Waals surface area contributed by atoms with Gasteiger partial charge in [0.25, 0.3) is 5.91 Å². The van der Waals surface area contributed by atoms with E-state index >= 15 is 0 Å². The standard InChI is InChI=1S/C21H21N5O/c1-16-23-19(17-7-3-2-4-8-17)15-20(24-16)25-11-13-26(14-12-25)21(27)18-9-5-6-10-22-18/h2-10,15H,11-14H2,1H3. The van der Waals surface area contributed by atoms with Gasteiger partial charge in [0, 0.05) is 44.0 Å². The highest BCUT2D eigenvalue weighted by atomic mass is 16.2. The zero-order chi connectivity index (χ0) is 18.6. The summed E-state index contributed by atoms with van der Waals surface area (Å²) in [5, 5.41) is 0. The minimum atomic E-state index is -0.0147. The van der Waals surface area contributed by atoms with E-state index in [1.165, 1.54) is 0 Å². The van der Waals surface area contributed by atoms with Crippen LogP contribution in [0.15, 0.2) is 60.8 Å². The molecule has 0 radical (unpaired) electrons. The number of pyridine rings is 1. The number of nitrogens with zero attached hydrogens (tertiary/aromatic N) is 5. The summed E-state index contributed by atoms with van der Waals surface area (Å²) in [5.41, 5.74) is 2.49. The molecule has 0 atom stereocenters. The van der Waals surface area contributed by atoms with E-state index in [4.69, 9.17) is 0 Å². The molecule has 1 saturated heterocycles. The van der Waals surface area contributed by atoms with Gasteiger partial charge in [0.2, 0.25) is 0 Å². The first-order valence-electron chi connectivity index (χ1n) is 9.07. The number of hydrogen-bond donors (Lipinski definition) is 0. The SMILES string of the molecule is Cc1nc(-c2ccccc2)cc(N2CCN(C(=O)c3ccccn3)CC2)n1. The fourth-order valence-corrected chi connectivity index (χ4v) is 3.26. The Bertz CT molecular complexity index is 922. The topological polar surface area (TPSA) is 62.2 Å². The molecule has 6 nitrogen and oxygen atoms in total. The Labute approximate surface area is 158 Å². The lowest BCUT2D eigenvalue weighted by molar-refractivity contribution is 0.0740. The van der Waals surface area contributed by atoms with Gasteiger partial charge in [-0.05, 0) is 19.1 Å². The molecule has 136 valence electrons. The third-order valence-corrected chi connectivity index (χ3v) is 4.67. The van der Waals surface area contributed by atoms with Crippen molar-refractivity contribution in [1.29, 1.82) is 0 Å². The van der Waals surface area contributed by atoms with E-state index in [9.17, 15) is 4.79 Å². The Balaban J connectivity index is 1.48. The molecule has 0 unspecified atom stereocenters. The minimum absolute atomic E-state index is 0.0147. The van der Waals surface area contributed by atoms with Gasteiger partial charge < -0.3 is 9.80 Å². The number of carbonyl (C=O) groups excluding carboxylic acids is 1. The smallest absolute Gasteiger partial charge is 0.272 e. The summed E-state index contributed by atoms with van der Waals surface area (Å²) in [5.74, 6) is 1.64. The van der Waals surface area contributed by atoms with E-state index in [0.717, 1.165) is 36.0 Å². The number of carbonyl (C=O) groups is 1. The lowest BCUT2D eigenvalue weighted by Gasteiger charge is -2.35. The quantitative estimate of drug-likeness (QED) is 0.720. The highest BCUT2D eigenvalue weighted by Crippen LogP contribution is 2.22. The van der Waals surface area contributed by atoms with Crippen LogP contribution in [0.2, 0.25) is 0 Å². The number of hydrogen-bond acceptors (Lipinski definition) is 5. The molecule has 0 spiro atoms. The number of piperazine rings is 1. The second-order valence-corrected chi connectivity index (χ2v) is 6.52. The molecular weight excluding hydrogens is 338 g/mol. The first-order valence-corrected chi connectivity index (χ1v) is 9.07. The summed E-state index contributed by atoms with van der Waals surface area (Å²) >= 11 is 0. The maximum absolute atomic E-state index is 12.6. The Morgan fingerprint density at radius 3 is 2.37 bits per heavy atom. The van der Waals surface area contributed by atoms with Gasteiger partial charge in [-0.1, -0.05) is 36.4 Å². The van der Waals surface area contributed by atoms with E-state index < -0.39 is 0 Å². The van der Waals surface area contributed by atoms with Gasteiger partial charge in [0.15, 0.2) is 0 Å². The predicted molar refractivity (Wildman–Crippen MR) is 105 cm³/mol. The number of amides is 1. The van der Waals surface area contributed by atoms with Gasteiger partial charge in [-0.2, -0.15) is 0 Å². The van der Waals surface area contributed by atoms with Crippen LogP contribution in [0.5, 0.6) is 0 Å². The van der Waals surface area contributed by atoms with Crippen molar-refractivity contribution in [3.8, 4) is 11.3 Å². The van der Waals surface area contributed by atoms with Gasteiger partial charge in [-0.3, -0.25) is 9.78 Å². The zero-order valence-corrected chi connectivity index (χ0v) is 15.2. The summed E-state index contributed by atoms with van der Waals surface area (Å²) in [6.07, 6.45) is 1.65. The van der Waals surface area contributed by atoms with Crippen LogP contribution in [0.25, 0.3) is 11.3 Å². The molecule has 1 aliphatic rings. The largest absolute Gasteiger partial charge is 0.353 e. The zero-order valence-electron chi connectivity index (χ0n) is 15.2. The molecule has 3 heterocycles. The normalized spacial score (nSPS) is 14.3. The second-order valence-electron chi connectivity index (χ2n) is 6.52. The van der Waals surface area contributed by atoms with Crippen molar-refractivity contribution in [2.45, 2.75) is 6.92 Å². The minimum Gasteiger partial charge on any atom is -0.353 e. The highest BCUT2D eigenvalue weighted by Gasteiger charge is 2.24. The van der Waals surface area contributed by atoms with Crippen LogP contribution in [-0.2, 0) is 0 Å². The van der Waals surface area contributed by atoms with Gasteiger partial charge in [-0.25, -0.2) is 9.97 Å². The van der Waals surface area contributed by atoms with Crippen molar-refractivity contribution >= 4 is 11.7 Å². The van der Waals surface area contributed by atoms with E-state index in [1.54, 1.807) is 12.3 Å². The second kappa shape index (κ2) is 7.53. The molecule has 1 aromatic carbocycles. The van der Waals surface area contributed by atoms with Crippen molar-refractivity contribution in [2.24, 2.45) is 0 Å². The van der Waals surface area contributed by atoms with E-state index in [-0.39, 0.29) is 5.91 Å². The molecule has 0 aliphatic carbocycles. The van der Waals surface area contributed by atoms with Crippen LogP contribution in [0.1, 0.15) is 16.3 Å². The molecule has 1 fully saturated rings. The van der Waals surface area contributed by atoms with Crippen molar-refractivity contribution in [3.63, 3.8) is 0 Å². The fourth-order valence-electron chi connectivity index (χ4n) is 3.26. The van der Waals surface area contributed by atoms with Crippen LogP contribution in [0, 0.1) is 6.92 Å². The molecule has 0 saturated carbocycles. The molecule has 2 aromatic heterocycles. The molecule has 0 N–H and O–H groups in total. The van der Waals surface area contributed by atoms with Crippen molar-refractivity contribution < 1.29 is 4.79 Å². The van der Waals surface area contributed by atoms with Gasteiger partial charge >= 0.3 is 0 Å². The van der Waals surface area contributed by atoms with Crippen molar-refractivity contribution in [1.82, 2.24) is 19.9 Å². The molecule has 6 heteroatoms. The number of aromatic nitrogens is 3. The number of anilines is 1. The summed E-state index contributed by atoms with van der Waals surface area (Å²) in [7, 11) is 0. The third-order valence-electron chi connectivity index (χ3n) is 4.67. The molecule has 27 heavy (non-hydrogen) atoms. The summed E-state index contributed by atoms with van der Waals surface area (Å²) in [4.78, 5) is 30.0. The number of benzene rings is 1. The maximum Gasteiger partial charge on any atom is 0.272 e. The first-order chi connectivity index (χ1) is 13.2. The number of rotatable bonds is 3. The summed E-state index contributed by atoms with van der Waals surface area (Å²) in [6, 6.07) is 17.6. The van der Waals surface area contributed by atoms with E-state index in [2.05, 4.69) is 32.0 Å². The van der Waals surface area contributed by atoms with Crippen LogP contribution in [-0.4, -0.2) is 51.9 Å². The molecule has 1 aliphatic heterocycles. The Morgan fingerprint density at radius 2 is 1.67 bits per heavy atom. The van der Waals surface area contributed by atoms with Crippen LogP contribution >= 0.6 is 0 Å². The molecule has 4 rings (SSSR count). The average molecular weight is 359 g/mol. The monoisotopic (exact) mass is 359 g/mol. The first kappa shape index (κ1) is 17.1. The Morgan fingerprint density at radius 1 is 0.926 bits per heavy atom. The van der Waals surface area contributed by atoms with Crippen LogP contribution in [0.4, 0.5) is 5.82 Å². The van der Waals surface area contributed by atoms with Crippen LogP contribution in [0.3, 0.4) is 0 Å². The predicted octanol–water partition coefficient (Wildman–Crippen LogP) is 2.81. The summed E-state index contributed by atoms with van der Waals surface area (Å²) < 4.78 is 0. The van der Waals surface area contributed by atoms with Crippen LogP contribution < -0.4 is 4.90 Å². The molecule has 0 bridgehead atoms. The van der Waals surface area contributed by atoms with E-state index in [0.29, 0.717) is 18.8 Å². The molecule has 1 amide bonds. The van der Waals surface area contributed by atoms with Crippen molar-refractivity contribution in [2.75, 3.05) is 31.1 Å². The lowest BCUT2D eigenvalue weighted by Crippen LogP contribution is -2.49.